The molecule has 4 heteroatoms. The van der Waals surface area contributed by atoms with E-state index in [2.05, 4.69) is 4.74 Å². The molecule has 15 heavy (non-hydrogen) atoms. The molecule has 0 saturated heterocycles. The Bertz CT molecular complexity index is 435. The molecule has 1 aromatic carbocycles. The van der Waals surface area contributed by atoms with Crippen LogP contribution < -0.4 is 0 Å². The number of nitriles is 1. The first-order valence-corrected chi connectivity index (χ1v) is 4.48. The molecule has 0 amide bonds. The topological polar surface area (TPSA) is 50.1 Å². The maximum atomic E-state index is 13.6. The van der Waals surface area contributed by atoms with Crippen molar-refractivity contribution >= 4 is 5.97 Å². The van der Waals surface area contributed by atoms with E-state index in [-0.39, 0.29) is 17.7 Å². The van der Waals surface area contributed by atoms with Gasteiger partial charge in [0.2, 0.25) is 0 Å². The molecule has 0 saturated carbocycles. The Morgan fingerprint density at radius 2 is 2.27 bits per heavy atom. The number of carbonyl (C=O) groups excluding carboxylic acids is 1. The zero-order valence-corrected chi connectivity index (χ0v) is 8.50. The van der Waals surface area contributed by atoms with Gasteiger partial charge >= 0.3 is 5.97 Å². The highest BCUT2D eigenvalue weighted by atomic mass is 19.1. The second-order valence-electron chi connectivity index (χ2n) is 2.95. The predicted octanol–water partition coefficient (Wildman–Crippen LogP) is 2.18. The van der Waals surface area contributed by atoms with E-state index < -0.39 is 11.8 Å². The fourth-order valence-electron chi connectivity index (χ4n) is 1.18. The molecule has 0 radical (unpaired) electrons. The summed E-state index contributed by atoms with van der Waals surface area (Å²) in [6, 6.07) is 4.62. The predicted molar refractivity (Wildman–Crippen MR) is 51.8 cm³/mol. The molecule has 0 atom stereocenters. The molecule has 0 aliphatic carbocycles. The van der Waals surface area contributed by atoms with E-state index in [9.17, 15) is 9.18 Å². The summed E-state index contributed by atoms with van der Waals surface area (Å²) in [4.78, 5) is 11.4. The van der Waals surface area contributed by atoms with E-state index >= 15 is 0 Å². The Labute approximate surface area is 87.1 Å². The Kier molecular flexibility index (Phi) is 3.40. The largest absolute Gasteiger partial charge is 0.462 e. The van der Waals surface area contributed by atoms with E-state index in [1.807, 2.05) is 0 Å². The minimum Gasteiger partial charge on any atom is -0.462 e. The van der Waals surface area contributed by atoms with E-state index in [4.69, 9.17) is 5.26 Å². The molecule has 3 nitrogen and oxygen atoms in total. The first-order valence-electron chi connectivity index (χ1n) is 4.48. The Hall–Kier alpha value is -1.89. The van der Waals surface area contributed by atoms with Crippen LogP contribution in [-0.2, 0) is 4.74 Å². The van der Waals surface area contributed by atoms with E-state index in [0.717, 1.165) is 0 Å². The van der Waals surface area contributed by atoms with E-state index in [0.29, 0.717) is 5.56 Å². The first-order chi connectivity index (χ1) is 7.11. The fraction of sp³-hybridized carbons (Fsp3) is 0.273. The maximum Gasteiger partial charge on any atom is 0.342 e. The maximum absolute atomic E-state index is 13.6. The van der Waals surface area contributed by atoms with Crippen LogP contribution in [0.2, 0.25) is 0 Å². The molecular formula is C11H10FNO2. The Morgan fingerprint density at radius 1 is 1.60 bits per heavy atom. The third-order valence-corrected chi connectivity index (χ3v) is 1.94. The number of aryl methyl sites for hydroxylation is 1. The van der Waals surface area contributed by atoms with Crippen LogP contribution in [0.1, 0.15) is 28.4 Å². The summed E-state index contributed by atoms with van der Waals surface area (Å²) in [5.74, 6) is -1.48. The summed E-state index contributed by atoms with van der Waals surface area (Å²) in [6.45, 7) is 3.30. The van der Waals surface area contributed by atoms with Crippen molar-refractivity contribution in [3.63, 3.8) is 0 Å². The normalized spacial score (nSPS) is 9.47. The van der Waals surface area contributed by atoms with Crippen LogP contribution >= 0.6 is 0 Å². The number of halogens is 1. The van der Waals surface area contributed by atoms with Gasteiger partial charge in [0.05, 0.1) is 12.2 Å². The minimum atomic E-state index is -0.796. The summed E-state index contributed by atoms with van der Waals surface area (Å²) < 4.78 is 18.2. The molecule has 78 valence electrons. The number of esters is 1. The van der Waals surface area contributed by atoms with Crippen molar-refractivity contribution in [3.8, 4) is 6.07 Å². The van der Waals surface area contributed by atoms with Crippen LogP contribution in [0, 0.1) is 24.1 Å². The van der Waals surface area contributed by atoms with Crippen molar-refractivity contribution in [2.45, 2.75) is 13.8 Å². The van der Waals surface area contributed by atoms with Crippen LogP contribution in [-0.4, -0.2) is 12.6 Å². The van der Waals surface area contributed by atoms with Gasteiger partial charge in [-0.15, -0.1) is 0 Å². The van der Waals surface area contributed by atoms with Crippen LogP contribution in [0.4, 0.5) is 4.39 Å². The van der Waals surface area contributed by atoms with Crippen molar-refractivity contribution < 1.29 is 13.9 Å². The second-order valence-corrected chi connectivity index (χ2v) is 2.95. The standard InChI is InChI=1S/C11H10FNO2/c1-3-15-11(14)9-8(6-13)5-4-7(2)10(9)12/h4-5H,3H2,1-2H3. The molecule has 1 aromatic rings. The SMILES string of the molecule is CCOC(=O)c1c(C#N)ccc(C)c1F. The van der Waals surface area contributed by atoms with Crippen molar-refractivity contribution in [2.24, 2.45) is 0 Å². The number of benzene rings is 1. The van der Waals surface area contributed by atoms with Crippen molar-refractivity contribution in [3.05, 3.63) is 34.6 Å². The van der Waals surface area contributed by atoms with Gasteiger partial charge in [0.15, 0.2) is 0 Å². The summed E-state index contributed by atoms with van der Waals surface area (Å²) in [7, 11) is 0. The van der Waals surface area contributed by atoms with Crippen molar-refractivity contribution in [1.82, 2.24) is 0 Å². The van der Waals surface area contributed by atoms with Gasteiger partial charge in [-0.25, -0.2) is 9.18 Å². The quantitative estimate of drug-likeness (QED) is 0.698. The molecule has 1 rings (SSSR count). The van der Waals surface area contributed by atoms with Crippen LogP contribution in [0.25, 0.3) is 0 Å². The van der Waals surface area contributed by atoms with Gasteiger partial charge in [0, 0.05) is 0 Å². The van der Waals surface area contributed by atoms with E-state index in [1.165, 1.54) is 19.1 Å². The lowest BCUT2D eigenvalue weighted by atomic mass is 10.0. The van der Waals surface area contributed by atoms with E-state index in [1.54, 1.807) is 13.0 Å². The van der Waals surface area contributed by atoms with Gasteiger partial charge in [-0.1, -0.05) is 6.07 Å². The summed E-state index contributed by atoms with van der Waals surface area (Å²) in [5, 5.41) is 8.73. The lowest BCUT2D eigenvalue weighted by Crippen LogP contribution is -2.10. The third-order valence-electron chi connectivity index (χ3n) is 1.94. The zero-order chi connectivity index (χ0) is 11.4. The number of hydrogen-bond donors (Lipinski definition) is 0. The highest BCUT2D eigenvalue weighted by molar-refractivity contribution is 5.92. The average molecular weight is 207 g/mol. The minimum absolute atomic E-state index is 0.00319. The lowest BCUT2D eigenvalue weighted by Gasteiger charge is -2.06. The van der Waals surface area contributed by atoms with Gasteiger partial charge < -0.3 is 4.74 Å². The smallest absolute Gasteiger partial charge is 0.342 e. The molecule has 0 aliphatic rings. The highest BCUT2D eigenvalue weighted by Gasteiger charge is 2.19. The summed E-state index contributed by atoms with van der Waals surface area (Å²) >= 11 is 0. The Morgan fingerprint density at radius 3 is 2.80 bits per heavy atom. The number of hydrogen-bond acceptors (Lipinski definition) is 3. The van der Waals surface area contributed by atoms with Gasteiger partial charge in [0.25, 0.3) is 0 Å². The molecule has 0 heterocycles. The Balaban J connectivity index is 3.31. The zero-order valence-electron chi connectivity index (χ0n) is 8.50. The number of nitrogens with zero attached hydrogens (tertiary/aromatic N) is 1. The second kappa shape index (κ2) is 4.56. The van der Waals surface area contributed by atoms with Gasteiger partial charge in [-0.05, 0) is 25.5 Å². The van der Waals surface area contributed by atoms with Gasteiger partial charge in [-0.3, -0.25) is 0 Å². The average Bonchev–Trinajstić information content (AvgIpc) is 2.22. The fourth-order valence-corrected chi connectivity index (χ4v) is 1.18. The van der Waals surface area contributed by atoms with Crippen LogP contribution in [0.3, 0.4) is 0 Å². The van der Waals surface area contributed by atoms with Crippen LogP contribution in [0.5, 0.6) is 0 Å². The molecule has 0 N–H and O–H groups in total. The lowest BCUT2D eigenvalue weighted by molar-refractivity contribution is 0.0520. The number of rotatable bonds is 2. The molecule has 0 aliphatic heterocycles. The first kappa shape index (κ1) is 11.2. The summed E-state index contributed by atoms with van der Waals surface area (Å²) in [6.07, 6.45) is 0. The molecule has 0 fully saturated rings. The number of ether oxygens (including phenoxy) is 1. The molecular weight excluding hydrogens is 197 g/mol. The third kappa shape index (κ3) is 2.13. The molecule has 0 spiro atoms. The number of carbonyl (C=O) groups is 1. The van der Waals surface area contributed by atoms with Crippen LogP contribution in [0.15, 0.2) is 12.1 Å². The molecule has 0 aromatic heterocycles. The van der Waals surface area contributed by atoms with Gasteiger partial charge in [-0.2, -0.15) is 5.26 Å². The summed E-state index contributed by atoms with van der Waals surface area (Å²) in [5.41, 5.74) is 0.0351. The van der Waals surface area contributed by atoms with Crippen molar-refractivity contribution in [1.29, 1.82) is 5.26 Å². The monoisotopic (exact) mass is 207 g/mol. The van der Waals surface area contributed by atoms with Crippen molar-refractivity contribution in [2.75, 3.05) is 6.61 Å². The molecule has 0 bridgehead atoms. The van der Waals surface area contributed by atoms with Gasteiger partial charge in [0.1, 0.15) is 17.4 Å². The highest BCUT2D eigenvalue weighted by Crippen LogP contribution is 2.17. The molecule has 0 unspecified atom stereocenters.